The fourth-order valence-electron chi connectivity index (χ4n) is 3.22. The van der Waals surface area contributed by atoms with Crippen LogP contribution in [0.25, 0.3) is 0 Å². The molecule has 1 saturated carbocycles. The van der Waals surface area contributed by atoms with Gasteiger partial charge in [-0.15, -0.1) is 0 Å². The molecule has 1 aliphatic carbocycles. The van der Waals surface area contributed by atoms with Crippen LogP contribution < -0.4 is 10.6 Å². The first kappa shape index (κ1) is 12.4. The average molecular weight is 224 g/mol. The highest BCUT2D eigenvalue weighted by Gasteiger charge is 2.15. The lowest BCUT2D eigenvalue weighted by molar-refractivity contribution is 0.426. The molecule has 94 valence electrons. The summed E-state index contributed by atoms with van der Waals surface area (Å²) in [5, 5.41) is 7.22. The Bertz CT molecular complexity index is 168. The molecule has 1 atom stereocenters. The largest absolute Gasteiger partial charge is 0.317 e. The van der Waals surface area contributed by atoms with Crippen LogP contribution in [-0.2, 0) is 0 Å². The van der Waals surface area contributed by atoms with Crippen molar-refractivity contribution in [2.75, 3.05) is 19.6 Å². The Hall–Kier alpha value is -0.0800. The van der Waals surface area contributed by atoms with Gasteiger partial charge in [0.1, 0.15) is 0 Å². The molecule has 1 unspecified atom stereocenters. The Morgan fingerprint density at radius 1 is 0.938 bits per heavy atom. The zero-order valence-corrected chi connectivity index (χ0v) is 10.6. The van der Waals surface area contributed by atoms with Crippen molar-refractivity contribution in [1.29, 1.82) is 0 Å². The van der Waals surface area contributed by atoms with Gasteiger partial charge < -0.3 is 10.6 Å². The van der Waals surface area contributed by atoms with E-state index in [1.807, 2.05) is 0 Å². The standard InChI is InChI=1S/C14H28N2/c1-2-6-13(5-1)7-3-11-16-14-8-4-10-15-12-9-14/h13-16H,1-12H2. The molecule has 2 fully saturated rings. The molecular weight excluding hydrogens is 196 g/mol. The van der Waals surface area contributed by atoms with E-state index in [1.165, 1.54) is 77.4 Å². The topological polar surface area (TPSA) is 24.1 Å². The molecule has 2 nitrogen and oxygen atoms in total. The fourth-order valence-corrected chi connectivity index (χ4v) is 3.22. The van der Waals surface area contributed by atoms with Crippen LogP contribution in [0.15, 0.2) is 0 Å². The molecule has 1 saturated heterocycles. The first-order chi connectivity index (χ1) is 7.95. The van der Waals surface area contributed by atoms with Crippen molar-refractivity contribution in [1.82, 2.24) is 10.6 Å². The number of hydrogen-bond acceptors (Lipinski definition) is 2. The summed E-state index contributed by atoms with van der Waals surface area (Å²) >= 11 is 0. The molecule has 0 aromatic carbocycles. The molecule has 0 aromatic heterocycles. The van der Waals surface area contributed by atoms with Crippen LogP contribution in [0.1, 0.15) is 57.8 Å². The average Bonchev–Trinajstić information content (AvgIpc) is 2.68. The molecule has 2 rings (SSSR count). The van der Waals surface area contributed by atoms with Crippen molar-refractivity contribution < 1.29 is 0 Å². The van der Waals surface area contributed by atoms with E-state index in [4.69, 9.17) is 0 Å². The molecule has 1 aliphatic heterocycles. The normalized spacial score (nSPS) is 28.1. The minimum atomic E-state index is 0.790. The highest BCUT2D eigenvalue weighted by molar-refractivity contribution is 4.73. The Morgan fingerprint density at radius 2 is 1.81 bits per heavy atom. The van der Waals surface area contributed by atoms with Gasteiger partial charge in [0.2, 0.25) is 0 Å². The highest BCUT2D eigenvalue weighted by atomic mass is 14.9. The van der Waals surface area contributed by atoms with Gasteiger partial charge in [0, 0.05) is 6.04 Å². The van der Waals surface area contributed by atoms with Crippen LogP contribution in [0.2, 0.25) is 0 Å². The Morgan fingerprint density at radius 3 is 2.69 bits per heavy atom. The van der Waals surface area contributed by atoms with Crippen molar-refractivity contribution in [3.63, 3.8) is 0 Å². The Balaban J connectivity index is 1.49. The van der Waals surface area contributed by atoms with Crippen LogP contribution in [-0.4, -0.2) is 25.7 Å². The number of hydrogen-bond donors (Lipinski definition) is 2. The van der Waals surface area contributed by atoms with Gasteiger partial charge in [0.25, 0.3) is 0 Å². The molecule has 2 aliphatic rings. The van der Waals surface area contributed by atoms with Gasteiger partial charge in [-0.2, -0.15) is 0 Å². The minimum absolute atomic E-state index is 0.790. The fraction of sp³-hybridized carbons (Fsp3) is 1.00. The van der Waals surface area contributed by atoms with Gasteiger partial charge in [0.15, 0.2) is 0 Å². The zero-order valence-electron chi connectivity index (χ0n) is 10.6. The first-order valence-corrected chi connectivity index (χ1v) is 7.39. The van der Waals surface area contributed by atoms with Gasteiger partial charge in [0.05, 0.1) is 0 Å². The quantitative estimate of drug-likeness (QED) is 0.702. The lowest BCUT2D eigenvalue weighted by Gasteiger charge is -2.16. The third-order valence-corrected chi connectivity index (χ3v) is 4.27. The predicted octanol–water partition coefficient (Wildman–Crippen LogP) is 2.69. The molecular formula is C14H28N2. The second-order valence-electron chi connectivity index (χ2n) is 5.62. The lowest BCUT2D eigenvalue weighted by Crippen LogP contribution is -2.30. The summed E-state index contributed by atoms with van der Waals surface area (Å²) < 4.78 is 0. The summed E-state index contributed by atoms with van der Waals surface area (Å²) in [7, 11) is 0. The van der Waals surface area contributed by atoms with Gasteiger partial charge >= 0.3 is 0 Å². The summed E-state index contributed by atoms with van der Waals surface area (Å²) in [6.45, 7) is 3.68. The van der Waals surface area contributed by atoms with Gasteiger partial charge in [-0.1, -0.05) is 25.7 Å². The second-order valence-corrected chi connectivity index (χ2v) is 5.62. The maximum absolute atomic E-state index is 3.75. The SMILES string of the molecule is C1CCC(CCCNC2CCCNCC2)C1. The zero-order chi connectivity index (χ0) is 11.1. The molecule has 0 spiro atoms. The van der Waals surface area contributed by atoms with Gasteiger partial charge in [-0.3, -0.25) is 0 Å². The predicted molar refractivity (Wildman–Crippen MR) is 69.7 cm³/mol. The van der Waals surface area contributed by atoms with Crippen molar-refractivity contribution in [2.24, 2.45) is 5.92 Å². The maximum atomic E-state index is 3.75. The second kappa shape index (κ2) is 7.29. The third kappa shape index (κ3) is 4.42. The van der Waals surface area contributed by atoms with E-state index in [9.17, 15) is 0 Å². The summed E-state index contributed by atoms with van der Waals surface area (Å²) in [6.07, 6.45) is 12.9. The van der Waals surface area contributed by atoms with Crippen LogP contribution >= 0.6 is 0 Å². The molecule has 1 heterocycles. The number of rotatable bonds is 5. The third-order valence-electron chi connectivity index (χ3n) is 4.27. The first-order valence-electron chi connectivity index (χ1n) is 7.39. The summed E-state index contributed by atoms with van der Waals surface area (Å²) in [6, 6.07) is 0.790. The molecule has 0 bridgehead atoms. The number of nitrogens with one attached hydrogen (secondary N) is 2. The van der Waals surface area contributed by atoms with E-state index in [-0.39, 0.29) is 0 Å². The van der Waals surface area contributed by atoms with E-state index in [2.05, 4.69) is 10.6 Å². The van der Waals surface area contributed by atoms with Crippen LogP contribution in [0.4, 0.5) is 0 Å². The van der Waals surface area contributed by atoms with Gasteiger partial charge in [-0.25, -0.2) is 0 Å². The van der Waals surface area contributed by atoms with E-state index >= 15 is 0 Å². The maximum Gasteiger partial charge on any atom is 0.00796 e. The smallest absolute Gasteiger partial charge is 0.00796 e. The highest BCUT2D eigenvalue weighted by Crippen LogP contribution is 2.28. The van der Waals surface area contributed by atoms with Crippen molar-refractivity contribution in [3.05, 3.63) is 0 Å². The van der Waals surface area contributed by atoms with E-state index in [0.29, 0.717) is 0 Å². The monoisotopic (exact) mass is 224 g/mol. The van der Waals surface area contributed by atoms with Crippen LogP contribution in [0.5, 0.6) is 0 Å². The Kier molecular flexibility index (Phi) is 5.64. The van der Waals surface area contributed by atoms with E-state index < -0.39 is 0 Å². The molecule has 2 heteroatoms. The molecule has 0 amide bonds. The van der Waals surface area contributed by atoms with Crippen LogP contribution in [0.3, 0.4) is 0 Å². The molecule has 0 radical (unpaired) electrons. The van der Waals surface area contributed by atoms with Crippen molar-refractivity contribution in [2.45, 2.75) is 63.8 Å². The van der Waals surface area contributed by atoms with E-state index in [1.54, 1.807) is 0 Å². The van der Waals surface area contributed by atoms with Crippen LogP contribution in [0, 0.1) is 5.92 Å². The molecule has 0 aromatic rings. The summed E-state index contributed by atoms with van der Waals surface area (Å²) in [5.74, 6) is 1.07. The lowest BCUT2D eigenvalue weighted by atomic mass is 10.0. The summed E-state index contributed by atoms with van der Waals surface area (Å²) in [4.78, 5) is 0. The Labute approximate surface area is 101 Å². The van der Waals surface area contributed by atoms with Gasteiger partial charge in [-0.05, 0) is 57.7 Å². The molecule has 16 heavy (non-hydrogen) atoms. The van der Waals surface area contributed by atoms with Crippen molar-refractivity contribution in [3.8, 4) is 0 Å². The van der Waals surface area contributed by atoms with Crippen molar-refractivity contribution >= 4 is 0 Å². The van der Waals surface area contributed by atoms with E-state index in [0.717, 1.165) is 12.0 Å². The summed E-state index contributed by atoms with van der Waals surface area (Å²) in [5.41, 5.74) is 0. The minimum Gasteiger partial charge on any atom is -0.317 e. The molecule has 2 N–H and O–H groups in total.